The molecule has 0 saturated carbocycles. The molecule has 1 fully saturated rings. The Morgan fingerprint density at radius 1 is 1.23 bits per heavy atom. The molecular weight excluding hydrogens is 332 g/mol. The molecule has 3 rings (SSSR count). The van der Waals surface area contributed by atoms with Crippen LogP contribution in [0.5, 0.6) is 5.75 Å². The third-order valence-corrected chi connectivity index (χ3v) is 3.89. The zero-order chi connectivity index (χ0) is 18.2. The van der Waals surface area contributed by atoms with E-state index in [-0.39, 0.29) is 6.10 Å². The van der Waals surface area contributed by atoms with E-state index in [9.17, 15) is 0 Å². The van der Waals surface area contributed by atoms with Gasteiger partial charge in [0.2, 0.25) is 5.95 Å². The largest absolute Gasteiger partial charge is 0.489 e. The molecule has 2 N–H and O–H groups in total. The summed E-state index contributed by atoms with van der Waals surface area (Å²) in [6.45, 7) is 9.29. The van der Waals surface area contributed by atoms with Crippen molar-refractivity contribution in [2.24, 2.45) is 0 Å². The SMILES string of the molecule is CC(C)Oc1ccccc1Nc1nncc(NCCN2CCOCC2)n1. The van der Waals surface area contributed by atoms with Crippen molar-refractivity contribution in [3.8, 4) is 5.75 Å². The lowest BCUT2D eigenvalue weighted by Crippen LogP contribution is -2.39. The molecule has 0 unspecified atom stereocenters. The van der Waals surface area contributed by atoms with Crippen molar-refractivity contribution in [3.63, 3.8) is 0 Å². The first kappa shape index (κ1) is 18.3. The van der Waals surface area contributed by atoms with E-state index < -0.39 is 0 Å². The number of nitrogens with zero attached hydrogens (tertiary/aromatic N) is 4. The van der Waals surface area contributed by atoms with Gasteiger partial charge in [-0.3, -0.25) is 4.90 Å². The van der Waals surface area contributed by atoms with Gasteiger partial charge in [-0.2, -0.15) is 10.1 Å². The Hall–Kier alpha value is -2.45. The Balaban J connectivity index is 1.57. The van der Waals surface area contributed by atoms with Crippen LogP contribution in [-0.2, 0) is 4.74 Å². The highest BCUT2D eigenvalue weighted by Crippen LogP contribution is 2.27. The molecule has 140 valence electrons. The fourth-order valence-corrected chi connectivity index (χ4v) is 2.66. The molecule has 26 heavy (non-hydrogen) atoms. The molecule has 2 aromatic rings. The normalized spacial score (nSPS) is 15.0. The van der Waals surface area contributed by atoms with Crippen LogP contribution < -0.4 is 15.4 Å². The van der Waals surface area contributed by atoms with E-state index in [0.29, 0.717) is 11.8 Å². The minimum absolute atomic E-state index is 0.0881. The van der Waals surface area contributed by atoms with E-state index in [1.807, 2.05) is 38.1 Å². The second kappa shape index (κ2) is 9.30. The lowest BCUT2D eigenvalue weighted by Gasteiger charge is -2.26. The van der Waals surface area contributed by atoms with Crippen molar-refractivity contribution in [2.45, 2.75) is 20.0 Å². The average molecular weight is 358 g/mol. The number of ether oxygens (including phenoxy) is 2. The number of morpholine rings is 1. The molecule has 0 radical (unpaired) electrons. The topological polar surface area (TPSA) is 84.4 Å². The zero-order valence-corrected chi connectivity index (χ0v) is 15.3. The lowest BCUT2D eigenvalue weighted by atomic mass is 10.3. The van der Waals surface area contributed by atoms with Gasteiger partial charge in [-0.15, -0.1) is 5.10 Å². The third-order valence-electron chi connectivity index (χ3n) is 3.89. The minimum Gasteiger partial charge on any atom is -0.489 e. The van der Waals surface area contributed by atoms with E-state index in [1.165, 1.54) is 0 Å². The minimum atomic E-state index is 0.0881. The number of aromatic nitrogens is 3. The highest BCUT2D eigenvalue weighted by Gasteiger charge is 2.10. The van der Waals surface area contributed by atoms with E-state index >= 15 is 0 Å². The predicted molar refractivity (Wildman–Crippen MR) is 101 cm³/mol. The van der Waals surface area contributed by atoms with Gasteiger partial charge in [0.1, 0.15) is 5.75 Å². The monoisotopic (exact) mass is 358 g/mol. The number of benzene rings is 1. The van der Waals surface area contributed by atoms with E-state index in [0.717, 1.165) is 50.8 Å². The fourth-order valence-electron chi connectivity index (χ4n) is 2.66. The fraction of sp³-hybridized carbons (Fsp3) is 0.500. The lowest BCUT2D eigenvalue weighted by molar-refractivity contribution is 0.0398. The molecule has 1 aromatic carbocycles. The molecule has 1 aliphatic heterocycles. The second-order valence-electron chi connectivity index (χ2n) is 6.33. The molecular formula is C18H26N6O2. The van der Waals surface area contributed by atoms with Crippen molar-refractivity contribution in [3.05, 3.63) is 30.5 Å². The van der Waals surface area contributed by atoms with Crippen molar-refractivity contribution >= 4 is 17.5 Å². The smallest absolute Gasteiger partial charge is 0.249 e. The number of para-hydroxylation sites is 2. The predicted octanol–water partition coefficient (Wildman–Crippen LogP) is 2.15. The van der Waals surface area contributed by atoms with Gasteiger partial charge in [0.25, 0.3) is 0 Å². The maximum Gasteiger partial charge on any atom is 0.249 e. The number of hydrogen-bond acceptors (Lipinski definition) is 8. The van der Waals surface area contributed by atoms with Gasteiger partial charge in [0, 0.05) is 26.2 Å². The van der Waals surface area contributed by atoms with Gasteiger partial charge in [0.15, 0.2) is 5.82 Å². The van der Waals surface area contributed by atoms with Gasteiger partial charge in [0.05, 0.1) is 31.2 Å². The maximum atomic E-state index is 5.81. The molecule has 0 aliphatic carbocycles. The molecule has 1 aromatic heterocycles. The number of rotatable bonds is 8. The molecule has 0 bridgehead atoms. The first-order valence-corrected chi connectivity index (χ1v) is 8.97. The Morgan fingerprint density at radius 3 is 2.85 bits per heavy atom. The third kappa shape index (κ3) is 5.53. The van der Waals surface area contributed by atoms with Crippen LogP contribution in [0.15, 0.2) is 30.5 Å². The summed E-state index contributed by atoms with van der Waals surface area (Å²) in [5.74, 6) is 1.89. The molecule has 8 nitrogen and oxygen atoms in total. The molecule has 0 spiro atoms. The van der Waals surface area contributed by atoms with Crippen molar-refractivity contribution in [2.75, 3.05) is 50.0 Å². The molecule has 8 heteroatoms. The van der Waals surface area contributed by atoms with Crippen LogP contribution in [0.25, 0.3) is 0 Å². The standard InChI is InChI=1S/C18H26N6O2/c1-14(2)26-16-6-4-3-5-15(16)21-18-22-17(13-20-23-18)19-7-8-24-9-11-25-12-10-24/h3-6,13-14H,7-12H2,1-2H3,(H2,19,21,22,23). The first-order valence-electron chi connectivity index (χ1n) is 8.97. The summed E-state index contributed by atoms with van der Waals surface area (Å²) < 4.78 is 11.2. The van der Waals surface area contributed by atoms with E-state index in [2.05, 4.69) is 30.7 Å². The van der Waals surface area contributed by atoms with E-state index in [1.54, 1.807) is 6.20 Å². The first-order chi connectivity index (χ1) is 12.7. The maximum absolute atomic E-state index is 5.81. The van der Waals surface area contributed by atoms with Crippen LogP contribution >= 0.6 is 0 Å². The summed E-state index contributed by atoms with van der Waals surface area (Å²) in [5, 5.41) is 14.6. The summed E-state index contributed by atoms with van der Waals surface area (Å²) >= 11 is 0. The highest BCUT2D eigenvalue weighted by atomic mass is 16.5. The quantitative estimate of drug-likeness (QED) is 0.743. The van der Waals surface area contributed by atoms with Gasteiger partial charge in [-0.25, -0.2) is 0 Å². The van der Waals surface area contributed by atoms with Crippen LogP contribution in [0.4, 0.5) is 17.5 Å². The summed E-state index contributed by atoms with van der Waals surface area (Å²) in [4.78, 5) is 6.84. The molecule has 2 heterocycles. The number of anilines is 3. The van der Waals surface area contributed by atoms with Crippen molar-refractivity contribution in [1.82, 2.24) is 20.1 Å². The summed E-state index contributed by atoms with van der Waals surface area (Å²) in [6.07, 6.45) is 1.71. The summed E-state index contributed by atoms with van der Waals surface area (Å²) in [7, 11) is 0. The molecule has 1 saturated heterocycles. The van der Waals surface area contributed by atoms with Crippen molar-refractivity contribution in [1.29, 1.82) is 0 Å². The molecule has 1 aliphatic rings. The van der Waals surface area contributed by atoms with Crippen LogP contribution in [0.3, 0.4) is 0 Å². The Kier molecular flexibility index (Phi) is 6.56. The highest BCUT2D eigenvalue weighted by molar-refractivity contribution is 5.62. The Bertz CT molecular complexity index is 691. The van der Waals surface area contributed by atoms with Gasteiger partial charge >= 0.3 is 0 Å². The van der Waals surface area contributed by atoms with Gasteiger partial charge in [-0.05, 0) is 26.0 Å². The van der Waals surface area contributed by atoms with Gasteiger partial charge in [-0.1, -0.05) is 12.1 Å². The number of hydrogen-bond donors (Lipinski definition) is 2. The summed E-state index contributed by atoms with van der Waals surface area (Å²) in [6, 6.07) is 7.72. The molecule has 0 amide bonds. The zero-order valence-electron chi connectivity index (χ0n) is 15.3. The second-order valence-corrected chi connectivity index (χ2v) is 6.33. The van der Waals surface area contributed by atoms with Crippen LogP contribution in [-0.4, -0.2) is 65.6 Å². The Morgan fingerprint density at radius 2 is 2.04 bits per heavy atom. The van der Waals surface area contributed by atoms with Gasteiger partial charge < -0.3 is 20.1 Å². The van der Waals surface area contributed by atoms with E-state index in [4.69, 9.17) is 9.47 Å². The van der Waals surface area contributed by atoms with Crippen LogP contribution in [0.1, 0.15) is 13.8 Å². The van der Waals surface area contributed by atoms with Crippen LogP contribution in [0, 0.1) is 0 Å². The van der Waals surface area contributed by atoms with Crippen molar-refractivity contribution < 1.29 is 9.47 Å². The van der Waals surface area contributed by atoms with Crippen LogP contribution in [0.2, 0.25) is 0 Å². The molecule has 0 atom stereocenters. The summed E-state index contributed by atoms with van der Waals surface area (Å²) in [5.41, 5.74) is 0.813. The average Bonchev–Trinajstić information content (AvgIpc) is 2.64. The number of nitrogens with one attached hydrogen (secondary N) is 2. The Labute approximate surface area is 153 Å².